The summed E-state index contributed by atoms with van der Waals surface area (Å²) in [5.41, 5.74) is 4.15. The van der Waals surface area contributed by atoms with E-state index < -0.39 is 6.29 Å². The number of imidazole rings is 1. The van der Waals surface area contributed by atoms with E-state index in [-0.39, 0.29) is 18.4 Å². The molecule has 9 nitrogen and oxygen atoms in total. The van der Waals surface area contributed by atoms with Gasteiger partial charge in [0.2, 0.25) is 0 Å². The lowest BCUT2D eigenvalue weighted by Gasteiger charge is -2.22. The molecular weight excluding hydrogens is 520 g/mol. The van der Waals surface area contributed by atoms with E-state index in [1.807, 2.05) is 53.2 Å². The molecular formula is C32H34N4O5. The lowest BCUT2D eigenvalue weighted by molar-refractivity contribution is -0.186. The first-order valence-electron chi connectivity index (χ1n) is 13.9. The number of nitrogens with zero attached hydrogens (tertiary/aromatic N) is 2. The highest BCUT2D eigenvalue weighted by atomic mass is 16.8. The maximum Gasteiger partial charge on any atom is 0.274 e. The topological polar surface area (TPSA) is 104 Å². The summed E-state index contributed by atoms with van der Waals surface area (Å²) in [4.78, 5) is 35.2. The van der Waals surface area contributed by atoms with Crippen molar-refractivity contribution in [2.24, 2.45) is 0 Å². The summed E-state index contributed by atoms with van der Waals surface area (Å²) in [6, 6.07) is 20.8. The van der Waals surface area contributed by atoms with Crippen molar-refractivity contribution in [3.63, 3.8) is 0 Å². The molecule has 0 radical (unpaired) electrons. The zero-order valence-electron chi connectivity index (χ0n) is 22.8. The van der Waals surface area contributed by atoms with Crippen molar-refractivity contribution in [2.75, 3.05) is 19.8 Å². The summed E-state index contributed by atoms with van der Waals surface area (Å²) in [6.45, 7) is 1.98. The molecule has 9 heteroatoms. The number of rotatable bonds is 12. The van der Waals surface area contributed by atoms with Crippen molar-refractivity contribution in [1.82, 2.24) is 20.3 Å². The number of nitrogens with one attached hydrogen (secondary N) is 2. The van der Waals surface area contributed by atoms with Gasteiger partial charge in [-0.2, -0.15) is 0 Å². The number of hydroxylamine groups is 1. The van der Waals surface area contributed by atoms with Crippen molar-refractivity contribution in [2.45, 2.75) is 38.5 Å². The standard InChI is InChI=1S/C32H34N4O5/c37-31(34-16-6-18-36-19-17-33-23-36)27(22-40-29-10-5-8-25-7-1-2-9-28(25)29)21-24-12-14-26(15-13-24)32(38)35-41-30-11-3-4-20-39-30/h1-2,5,7-10,12-15,17,19,21,23,30H,3-4,6,11,16,18,20,22H2,(H,34,37)(H,35,38). The van der Waals surface area contributed by atoms with Gasteiger partial charge in [-0.15, -0.1) is 0 Å². The molecule has 0 bridgehead atoms. The molecule has 1 aliphatic rings. The third-order valence-corrected chi connectivity index (χ3v) is 6.80. The molecule has 4 aromatic rings. The van der Waals surface area contributed by atoms with Gasteiger partial charge in [-0.3, -0.25) is 9.59 Å². The fourth-order valence-corrected chi connectivity index (χ4v) is 4.56. The number of fused-ring (bicyclic) bond motifs is 1. The van der Waals surface area contributed by atoms with E-state index in [1.165, 1.54) is 0 Å². The maximum absolute atomic E-state index is 13.2. The number of carbonyl (C=O) groups excluding carboxylic acids is 2. The molecule has 2 amide bonds. The van der Waals surface area contributed by atoms with Crippen molar-refractivity contribution in [3.05, 3.63) is 102 Å². The number of hydrogen-bond acceptors (Lipinski definition) is 6. The van der Waals surface area contributed by atoms with Gasteiger partial charge in [-0.1, -0.05) is 48.5 Å². The molecule has 3 aromatic carbocycles. The Morgan fingerprint density at radius 2 is 1.90 bits per heavy atom. The molecule has 0 spiro atoms. The van der Waals surface area contributed by atoms with Gasteiger partial charge in [0.25, 0.3) is 11.8 Å². The van der Waals surface area contributed by atoms with Crippen LogP contribution in [0.3, 0.4) is 0 Å². The second-order valence-corrected chi connectivity index (χ2v) is 9.81. The molecule has 1 saturated heterocycles. The van der Waals surface area contributed by atoms with Gasteiger partial charge in [-0.05, 0) is 54.5 Å². The number of ether oxygens (including phenoxy) is 2. The van der Waals surface area contributed by atoms with E-state index in [0.717, 1.165) is 48.6 Å². The average molecular weight is 555 g/mol. The molecule has 1 aliphatic heterocycles. The molecule has 1 fully saturated rings. The van der Waals surface area contributed by atoms with E-state index in [9.17, 15) is 9.59 Å². The fraction of sp³-hybridized carbons (Fsp3) is 0.281. The summed E-state index contributed by atoms with van der Waals surface area (Å²) in [5, 5.41) is 5.04. The molecule has 212 valence electrons. The van der Waals surface area contributed by atoms with Crippen LogP contribution in [0.5, 0.6) is 5.75 Å². The van der Waals surface area contributed by atoms with E-state index in [0.29, 0.717) is 30.0 Å². The van der Waals surface area contributed by atoms with Crippen LogP contribution >= 0.6 is 0 Å². The normalized spacial score (nSPS) is 15.4. The lowest BCUT2D eigenvalue weighted by atomic mass is 10.1. The van der Waals surface area contributed by atoms with Crippen LogP contribution < -0.4 is 15.5 Å². The predicted octanol–water partition coefficient (Wildman–Crippen LogP) is 4.89. The van der Waals surface area contributed by atoms with E-state index in [2.05, 4.69) is 15.8 Å². The summed E-state index contributed by atoms with van der Waals surface area (Å²) >= 11 is 0. The minimum absolute atomic E-state index is 0.0822. The number of aryl methyl sites for hydroxylation is 1. The molecule has 0 aliphatic carbocycles. The fourth-order valence-electron chi connectivity index (χ4n) is 4.56. The first kappa shape index (κ1) is 28.1. The van der Waals surface area contributed by atoms with Crippen molar-refractivity contribution in [1.29, 1.82) is 0 Å². The van der Waals surface area contributed by atoms with Gasteiger partial charge in [-0.25, -0.2) is 15.3 Å². The molecule has 1 unspecified atom stereocenters. The van der Waals surface area contributed by atoms with Crippen LogP contribution in [0.25, 0.3) is 16.8 Å². The number of amides is 2. The van der Waals surface area contributed by atoms with Gasteiger partial charge in [0.15, 0.2) is 6.29 Å². The number of carbonyl (C=O) groups is 2. The van der Waals surface area contributed by atoms with Crippen LogP contribution in [0.4, 0.5) is 0 Å². The van der Waals surface area contributed by atoms with E-state index in [1.54, 1.807) is 42.9 Å². The molecule has 1 aromatic heterocycles. The Labute approximate surface area is 239 Å². The smallest absolute Gasteiger partial charge is 0.274 e. The first-order chi connectivity index (χ1) is 20.2. The highest BCUT2D eigenvalue weighted by Gasteiger charge is 2.17. The number of benzene rings is 3. The van der Waals surface area contributed by atoms with E-state index in [4.69, 9.17) is 14.3 Å². The van der Waals surface area contributed by atoms with Crippen LogP contribution in [0.2, 0.25) is 0 Å². The number of aromatic nitrogens is 2. The predicted molar refractivity (Wildman–Crippen MR) is 156 cm³/mol. The minimum atomic E-state index is -0.419. The van der Waals surface area contributed by atoms with Crippen LogP contribution in [0, 0.1) is 0 Å². The maximum atomic E-state index is 13.2. The Balaban J connectivity index is 1.25. The van der Waals surface area contributed by atoms with Crippen LogP contribution in [-0.4, -0.2) is 47.4 Å². The van der Waals surface area contributed by atoms with E-state index >= 15 is 0 Å². The monoisotopic (exact) mass is 554 g/mol. The molecule has 2 N–H and O–H groups in total. The summed E-state index contributed by atoms with van der Waals surface area (Å²) in [5.74, 6) is 0.138. The van der Waals surface area contributed by atoms with Gasteiger partial charge >= 0.3 is 0 Å². The third kappa shape index (κ3) is 8.03. The Bertz CT molecular complexity index is 1460. The SMILES string of the molecule is O=C(NCCCn1ccnc1)C(=Cc1ccc(C(=O)NOC2CCCCO2)cc1)COc1cccc2ccccc12. The highest BCUT2D eigenvalue weighted by molar-refractivity contribution is 5.98. The van der Waals surface area contributed by atoms with Gasteiger partial charge in [0, 0.05) is 49.5 Å². The molecule has 2 heterocycles. The molecule has 0 saturated carbocycles. The highest BCUT2D eigenvalue weighted by Crippen LogP contribution is 2.26. The Kier molecular flexibility index (Phi) is 9.75. The second-order valence-electron chi connectivity index (χ2n) is 9.81. The zero-order chi connectivity index (χ0) is 28.3. The van der Waals surface area contributed by atoms with Gasteiger partial charge in [0.05, 0.1) is 11.9 Å². The first-order valence-corrected chi connectivity index (χ1v) is 13.9. The van der Waals surface area contributed by atoms with Gasteiger partial charge in [0.1, 0.15) is 12.4 Å². The molecule has 41 heavy (non-hydrogen) atoms. The van der Waals surface area contributed by atoms with Gasteiger partial charge < -0.3 is 19.4 Å². The summed E-state index contributed by atoms with van der Waals surface area (Å²) < 4.78 is 13.6. The van der Waals surface area contributed by atoms with Crippen molar-refractivity contribution < 1.29 is 23.9 Å². The Morgan fingerprint density at radius 3 is 2.71 bits per heavy atom. The lowest BCUT2D eigenvalue weighted by Crippen LogP contribution is -2.33. The minimum Gasteiger partial charge on any atom is -0.488 e. The molecule has 1 atom stereocenters. The average Bonchev–Trinajstić information content (AvgIpc) is 3.54. The largest absolute Gasteiger partial charge is 0.488 e. The Morgan fingerprint density at radius 1 is 1.05 bits per heavy atom. The third-order valence-electron chi connectivity index (χ3n) is 6.80. The number of hydrogen-bond donors (Lipinski definition) is 2. The Hall–Kier alpha value is -4.47. The van der Waals surface area contributed by atoms with Crippen molar-refractivity contribution in [3.8, 4) is 5.75 Å². The summed E-state index contributed by atoms with van der Waals surface area (Å²) in [6.07, 6.45) is 10.3. The van der Waals surface area contributed by atoms with Crippen molar-refractivity contribution >= 4 is 28.7 Å². The van der Waals surface area contributed by atoms with Crippen LogP contribution in [0.1, 0.15) is 41.6 Å². The zero-order valence-corrected chi connectivity index (χ0v) is 22.8. The quantitative estimate of drug-likeness (QED) is 0.147. The molecule has 5 rings (SSSR count). The van der Waals surface area contributed by atoms with Crippen LogP contribution in [0.15, 0.2) is 91.0 Å². The second kappa shape index (κ2) is 14.2. The summed E-state index contributed by atoms with van der Waals surface area (Å²) in [7, 11) is 0. The van der Waals surface area contributed by atoms with Crippen LogP contribution in [-0.2, 0) is 20.9 Å².